The second kappa shape index (κ2) is 7.23. The lowest BCUT2D eigenvalue weighted by molar-refractivity contribution is 0.116. The molecule has 2 rings (SSSR count). The lowest BCUT2D eigenvalue weighted by Crippen LogP contribution is -2.30. The van der Waals surface area contributed by atoms with Gasteiger partial charge in [-0.1, -0.05) is 6.92 Å². The van der Waals surface area contributed by atoms with Gasteiger partial charge in [0.25, 0.3) is 0 Å². The summed E-state index contributed by atoms with van der Waals surface area (Å²) in [6, 6.07) is 0.361. The highest BCUT2D eigenvalue weighted by Crippen LogP contribution is 2.18. The molecule has 1 aromatic heterocycles. The van der Waals surface area contributed by atoms with Crippen LogP contribution in [0.3, 0.4) is 0 Å². The van der Waals surface area contributed by atoms with Gasteiger partial charge in [0, 0.05) is 27.2 Å². The lowest BCUT2D eigenvalue weighted by Gasteiger charge is -2.21. The van der Waals surface area contributed by atoms with E-state index in [2.05, 4.69) is 20.3 Å². The van der Waals surface area contributed by atoms with E-state index in [1.807, 2.05) is 18.9 Å². The Bertz CT molecular complexity index is 423. The molecule has 1 aromatic rings. The van der Waals surface area contributed by atoms with Crippen molar-refractivity contribution in [3.63, 3.8) is 0 Å². The summed E-state index contributed by atoms with van der Waals surface area (Å²) >= 11 is 0. The number of hydrogen-bond donors (Lipinski definition) is 1. The molecule has 1 unspecified atom stereocenters. The number of nitrogens with zero attached hydrogens (tertiary/aromatic N) is 4. The Labute approximate surface area is 119 Å². The zero-order valence-corrected chi connectivity index (χ0v) is 12.4. The normalized spacial score (nSPS) is 18.1. The highest BCUT2D eigenvalue weighted by molar-refractivity contribution is 5.37. The van der Waals surface area contributed by atoms with E-state index in [1.165, 1.54) is 0 Å². The fourth-order valence-corrected chi connectivity index (χ4v) is 2.06. The molecular formula is C13H23N5O2. The third-order valence-electron chi connectivity index (χ3n) is 3.10. The number of nitrogens with one attached hydrogen (secondary N) is 1. The Morgan fingerprint density at radius 2 is 2.25 bits per heavy atom. The Morgan fingerprint density at radius 3 is 2.90 bits per heavy atom. The summed E-state index contributed by atoms with van der Waals surface area (Å²) in [6.45, 7) is 4.27. The molecule has 1 atom stereocenters. The molecule has 1 aliphatic heterocycles. The van der Waals surface area contributed by atoms with E-state index in [4.69, 9.17) is 9.47 Å². The van der Waals surface area contributed by atoms with Crippen LogP contribution in [-0.4, -0.2) is 54.9 Å². The molecule has 0 aromatic carbocycles. The Balaban J connectivity index is 2.07. The average Bonchev–Trinajstić information content (AvgIpc) is 2.97. The van der Waals surface area contributed by atoms with E-state index < -0.39 is 0 Å². The van der Waals surface area contributed by atoms with Crippen LogP contribution in [0.1, 0.15) is 26.2 Å². The highest BCUT2D eigenvalue weighted by Gasteiger charge is 2.19. The molecule has 0 aliphatic carbocycles. The standard InChI is InChI=1S/C13H23N5O2/c1-4-7-20-13-16-11(14-2)15-12(17-13)18(3)9-10-6-5-8-19-10/h10H,4-9H2,1-3H3,(H,14,15,16,17). The number of likely N-dealkylation sites (N-methyl/N-ethyl adjacent to an activating group) is 1. The molecule has 0 amide bonds. The molecule has 1 N–H and O–H groups in total. The van der Waals surface area contributed by atoms with Crippen LogP contribution in [0.5, 0.6) is 6.01 Å². The van der Waals surface area contributed by atoms with Crippen molar-refractivity contribution in [1.29, 1.82) is 0 Å². The molecule has 7 nitrogen and oxygen atoms in total. The second-order valence-corrected chi connectivity index (χ2v) is 4.86. The molecule has 0 spiro atoms. The van der Waals surface area contributed by atoms with Gasteiger partial charge in [-0.3, -0.25) is 0 Å². The topological polar surface area (TPSA) is 72.4 Å². The van der Waals surface area contributed by atoms with E-state index in [9.17, 15) is 0 Å². The summed E-state index contributed by atoms with van der Waals surface area (Å²) in [7, 11) is 3.74. The zero-order chi connectivity index (χ0) is 14.4. The van der Waals surface area contributed by atoms with Crippen LogP contribution >= 0.6 is 0 Å². The number of rotatable bonds is 7. The summed E-state index contributed by atoms with van der Waals surface area (Å²) < 4.78 is 11.1. The van der Waals surface area contributed by atoms with Crippen LogP contribution in [0.4, 0.5) is 11.9 Å². The van der Waals surface area contributed by atoms with Gasteiger partial charge in [-0.05, 0) is 19.3 Å². The minimum Gasteiger partial charge on any atom is -0.463 e. The summed E-state index contributed by atoms with van der Waals surface area (Å²) in [5.74, 6) is 1.12. The molecule has 1 aliphatic rings. The van der Waals surface area contributed by atoms with E-state index in [0.29, 0.717) is 24.5 Å². The van der Waals surface area contributed by atoms with Gasteiger partial charge in [-0.25, -0.2) is 0 Å². The quantitative estimate of drug-likeness (QED) is 0.808. The maximum absolute atomic E-state index is 5.64. The van der Waals surface area contributed by atoms with Crippen LogP contribution in [0, 0.1) is 0 Å². The van der Waals surface area contributed by atoms with E-state index in [0.717, 1.165) is 32.4 Å². The van der Waals surface area contributed by atoms with Gasteiger partial charge in [0.05, 0.1) is 12.7 Å². The lowest BCUT2D eigenvalue weighted by atomic mass is 10.2. The van der Waals surface area contributed by atoms with Crippen molar-refractivity contribution in [2.75, 3.05) is 44.1 Å². The van der Waals surface area contributed by atoms with Crippen molar-refractivity contribution < 1.29 is 9.47 Å². The summed E-state index contributed by atoms with van der Waals surface area (Å²) in [6.07, 6.45) is 3.40. The summed E-state index contributed by atoms with van der Waals surface area (Å²) in [5.41, 5.74) is 0. The first-order chi connectivity index (χ1) is 9.72. The van der Waals surface area contributed by atoms with Gasteiger partial charge < -0.3 is 19.7 Å². The van der Waals surface area contributed by atoms with Crippen molar-refractivity contribution in [2.45, 2.75) is 32.3 Å². The van der Waals surface area contributed by atoms with Gasteiger partial charge in [-0.2, -0.15) is 15.0 Å². The van der Waals surface area contributed by atoms with E-state index >= 15 is 0 Å². The fourth-order valence-electron chi connectivity index (χ4n) is 2.06. The SMILES string of the molecule is CCCOc1nc(NC)nc(N(C)CC2CCCO2)n1. The Kier molecular flexibility index (Phi) is 5.34. The maximum atomic E-state index is 5.64. The van der Waals surface area contributed by atoms with Crippen LogP contribution in [0.25, 0.3) is 0 Å². The minimum absolute atomic E-state index is 0.259. The third kappa shape index (κ3) is 3.93. The molecular weight excluding hydrogens is 258 g/mol. The molecule has 20 heavy (non-hydrogen) atoms. The molecule has 1 fully saturated rings. The second-order valence-electron chi connectivity index (χ2n) is 4.86. The molecule has 2 heterocycles. The minimum atomic E-state index is 0.259. The molecule has 7 heteroatoms. The first-order valence-electron chi connectivity index (χ1n) is 7.12. The zero-order valence-electron chi connectivity index (χ0n) is 12.4. The first-order valence-corrected chi connectivity index (χ1v) is 7.12. The van der Waals surface area contributed by atoms with Gasteiger partial charge >= 0.3 is 6.01 Å². The maximum Gasteiger partial charge on any atom is 0.323 e. The fraction of sp³-hybridized carbons (Fsp3) is 0.769. The van der Waals surface area contributed by atoms with Crippen LogP contribution < -0.4 is 15.0 Å². The van der Waals surface area contributed by atoms with E-state index in [-0.39, 0.29) is 6.10 Å². The predicted octanol–water partition coefficient (Wildman–Crippen LogP) is 1.32. The van der Waals surface area contributed by atoms with Gasteiger partial charge in [0.2, 0.25) is 11.9 Å². The third-order valence-corrected chi connectivity index (χ3v) is 3.10. The largest absolute Gasteiger partial charge is 0.463 e. The molecule has 0 saturated carbocycles. The first kappa shape index (κ1) is 14.8. The number of aromatic nitrogens is 3. The van der Waals surface area contributed by atoms with E-state index in [1.54, 1.807) is 7.05 Å². The Hall–Kier alpha value is -1.63. The van der Waals surface area contributed by atoms with Crippen LogP contribution in [0.2, 0.25) is 0 Å². The van der Waals surface area contributed by atoms with Crippen molar-refractivity contribution in [2.24, 2.45) is 0 Å². The average molecular weight is 281 g/mol. The molecule has 1 saturated heterocycles. The van der Waals surface area contributed by atoms with Crippen molar-refractivity contribution >= 4 is 11.9 Å². The van der Waals surface area contributed by atoms with Crippen LogP contribution in [-0.2, 0) is 4.74 Å². The van der Waals surface area contributed by atoms with Gasteiger partial charge in [0.15, 0.2) is 0 Å². The van der Waals surface area contributed by atoms with Crippen molar-refractivity contribution in [3.05, 3.63) is 0 Å². The summed E-state index contributed by atoms with van der Waals surface area (Å²) in [4.78, 5) is 14.9. The molecule has 112 valence electrons. The van der Waals surface area contributed by atoms with Gasteiger partial charge in [0.1, 0.15) is 0 Å². The Morgan fingerprint density at radius 1 is 1.40 bits per heavy atom. The monoisotopic (exact) mass is 281 g/mol. The highest BCUT2D eigenvalue weighted by atomic mass is 16.5. The van der Waals surface area contributed by atoms with Crippen molar-refractivity contribution in [1.82, 2.24) is 15.0 Å². The molecule has 0 radical (unpaired) electrons. The summed E-state index contributed by atoms with van der Waals surface area (Å²) in [5, 5.41) is 2.93. The number of hydrogen-bond acceptors (Lipinski definition) is 7. The number of anilines is 2. The van der Waals surface area contributed by atoms with Crippen LogP contribution in [0.15, 0.2) is 0 Å². The predicted molar refractivity (Wildman–Crippen MR) is 77.4 cm³/mol. The smallest absolute Gasteiger partial charge is 0.323 e. The molecule has 0 bridgehead atoms. The van der Waals surface area contributed by atoms with Crippen molar-refractivity contribution in [3.8, 4) is 6.01 Å². The van der Waals surface area contributed by atoms with Gasteiger partial charge in [-0.15, -0.1) is 0 Å². The number of ether oxygens (including phenoxy) is 2.